The van der Waals surface area contributed by atoms with Gasteiger partial charge in [-0.1, -0.05) is 12.1 Å². The quantitative estimate of drug-likeness (QED) is 0.879. The van der Waals surface area contributed by atoms with E-state index in [0.29, 0.717) is 5.57 Å². The van der Waals surface area contributed by atoms with Crippen LogP contribution in [0.15, 0.2) is 42.5 Å². The van der Waals surface area contributed by atoms with Gasteiger partial charge in [0, 0.05) is 16.8 Å². The molecule has 0 bridgehead atoms. The van der Waals surface area contributed by atoms with Gasteiger partial charge in [-0.15, -0.1) is 0 Å². The monoisotopic (exact) mass is 281 g/mol. The number of hydrogen-bond acceptors (Lipinski definition) is 3. The molecular formula is C17H15NO3. The van der Waals surface area contributed by atoms with Crippen LogP contribution in [0.2, 0.25) is 0 Å². The summed E-state index contributed by atoms with van der Waals surface area (Å²) in [5.74, 6) is 1.41. The summed E-state index contributed by atoms with van der Waals surface area (Å²) in [5.41, 5.74) is 3.24. The maximum absolute atomic E-state index is 12.1. The molecule has 1 N–H and O–H groups in total. The number of fused-ring (bicyclic) bond motifs is 1. The van der Waals surface area contributed by atoms with Crippen LogP contribution >= 0.6 is 0 Å². The SMILES string of the molecule is COc1ccc(/C=C2/C(=O)Nc3ccc(OC)cc32)cc1. The van der Waals surface area contributed by atoms with Crippen LogP contribution in [-0.4, -0.2) is 20.1 Å². The van der Waals surface area contributed by atoms with Crippen LogP contribution < -0.4 is 14.8 Å². The van der Waals surface area contributed by atoms with Crippen LogP contribution in [0, 0.1) is 0 Å². The minimum absolute atomic E-state index is 0.103. The van der Waals surface area contributed by atoms with E-state index in [1.54, 1.807) is 14.2 Å². The highest BCUT2D eigenvalue weighted by atomic mass is 16.5. The summed E-state index contributed by atoms with van der Waals surface area (Å²) in [5, 5.41) is 2.85. The Bertz CT molecular complexity index is 717. The number of methoxy groups -OCH3 is 2. The van der Waals surface area contributed by atoms with Gasteiger partial charge in [-0.3, -0.25) is 4.79 Å². The molecule has 0 aromatic heterocycles. The molecule has 1 aliphatic rings. The molecule has 0 atom stereocenters. The first-order valence-corrected chi connectivity index (χ1v) is 6.57. The molecule has 2 aromatic carbocycles. The molecule has 3 rings (SSSR count). The van der Waals surface area contributed by atoms with Crippen LogP contribution in [0.25, 0.3) is 11.6 Å². The molecule has 0 unspecified atom stereocenters. The second kappa shape index (κ2) is 5.32. The lowest BCUT2D eigenvalue weighted by molar-refractivity contribution is -0.110. The predicted molar refractivity (Wildman–Crippen MR) is 82.5 cm³/mol. The molecule has 1 aliphatic heterocycles. The zero-order valence-electron chi connectivity index (χ0n) is 11.8. The first-order valence-electron chi connectivity index (χ1n) is 6.57. The van der Waals surface area contributed by atoms with Gasteiger partial charge in [0.1, 0.15) is 11.5 Å². The number of anilines is 1. The number of benzene rings is 2. The van der Waals surface area contributed by atoms with E-state index in [2.05, 4.69) is 5.32 Å². The highest BCUT2D eigenvalue weighted by molar-refractivity contribution is 6.35. The molecule has 0 fully saturated rings. The van der Waals surface area contributed by atoms with Gasteiger partial charge in [0.25, 0.3) is 5.91 Å². The molecule has 4 nitrogen and oxygen atoms in total. The fourth-order valence-corrected chi connectivity index (χ4v) is 2.30. The van der Waals surface area contributed by atoms with Crippen molar-refractivity contribution in [2.75, 3.05) is 19.5 Å². The molecule has 0 aliphatic carbocycles. The molecule has 1 heterocycles. The van der Waals surface area contributed by atoms with Crippen LogP contribution in [0.1, 0.15) is 11.1 Å². The Morgan fingerprint density at radius 2 is 1.62 bits per heavy atom. The Morgan fingerprint density at radius 1 is 0.952 bits per heavy atom. The summed E-state index contributed by atoms with van der Waals surface area (Å²) in [7, 11) is 3.24. The van der Waals surface area contributed by atoms with E-state index in [0.717, 1.165) is 28.3 Å². The molecular weight excluding hydrogens is 266 g/mol. The van der Waals surface area contributed by atoms with Gasteiger partial charge in [0.05, 0.1) is 14.2 Å². The average molecular weight is 281 g/mol. The van der Waals surface area contributed by atoms with Gasteiger partial charge in [-0.2, -0.15) is 0 Å². The summed E-state index contributed by atoms with van der Waals surface area (Å²) in [4.78, 5) is 12.1. The van der Waals surface area contributed by atoms with E-state index in [9.17, 15) is 4.79 Å². The van der Waals surface area contributed by atoms with Crippen molar-refractivity contribution in [3.8, 4) is 11.5 Å². The lowest BCUT2D eigenvalue weighted by Gasteiger charge is -2.03. The second-order valence-electron chi connectivity index (χ2n) is 4.70. The number of ether oxygens (including phenoxy) is 2. The predicted octanol–water partition coefficient (Wildman–Crippen LogP) is 3.20. The number of hydrogen-bond donors (Lipinski definition) is 1. The number of rotatable bonds is 3. The van der Waals surface area contributed by atoms with E-state index in [4.69, 9.17) is 9.47 Å². The summed E-state index contributed by atoms with van der Waals surface area (Å²) >= 11 is 0. The maximum Gasteiger partial charge on any atom is 0.256 e. The van der Waals surface area contributed by atoms with E-state index in [1.807, 2.05) is 48.5 Å². The van der Waals surface area contributed by atoms with Crippen molar-refractivity contribution in [2.24, 2.45) is 0 Å². The van der Waals surface area contributed by atoms with Gasteiger partial charge in [0.15, 0.2) is 0 Å². The molecule has 0 radical (unpaired) electrons. The lowest BCUT2D eigenvalue weighted by Crippen LogP contribution is -2.03. The van der Waals surface area contributed by atoms with Crippen LogP contribution in [0.4, 0.5) is 5.69 Å². The Morgan fingerprint density at radius 3 is 2.29 bits per heavy atom. The second-order valence-corrected chi connectivity index (χ2v) is 4.70. The van der Waals surface area contributed by atoms with Gasteiger partial charge in [-0.05, 0) is 42.0 Å². The van der Waals surface area contributed by atoms with Crippen LogP contribution in [0.5, 0.6) is 11.5 Å². The van der Waals surface area contributed by atoms with Gasteiger partial charge >= 0.3 is 0 Å². The highest BCUT2D eigenvalue weighted by Gasteiger charge is 2.24. The first kappa shape index (κ1) is 13.2. The van der Waals surface area contributed by atoms with Gasteiger partial charge in [-0.25, -0.2) is 0 Å². The first-order chi connectivity index (χ1) is 10.2. The molecule has 106 valence electrons. The van der Waals surface area contributed by atoms with Crippen molar-refractivity contribution in [1.82, 2.24) is 0 Å². The third-order valence-electron chi connectivity index (χ3n) is 3.44. The van der Waals surface area contributed by atoms with E-state index in [-0.39, 0.29) is 5.91 Å². The summed E-state index contributed by atoms with van der Waals surface area (Å²) in [6.45, 7) is 0. The molecule has 4 heteroatoms. The summed E-state index contributed by atoms with van der Waals surface area (Å²) in [6, 6.07) is 13.1. The molecule has 0 saturated heterocycles. The van der Waals surface area contributed by atoms with Crippen LogP contribution in [0.3, 0.4) is 0 Å². The number of nitrogens with one attached hydrogen (secondary N) is 1. The molecule has 1 amide bonds. The van der Waals surface area contributed by atoms with E-state index < -0.39 is 0 Å². The zero-order valence-corrected chi connectivity index (χ0v) is 11.8. The smallest absolute Gasteiger partial charge is 0.256 e. The van der Waals surface area contributed by atoms with Crippen LogP contribution in [-0.2, 0) is 4.79 Å². The fraction of sp³-hybridized carbons (Fsp3) is 0.118. The molecule has 0 spiro atoms. The van der Waals surface area contributed by atoms with Crippen molar-refractivity contribution < 1.29 is 14.3 Å². The van der Waals surface area contributed by atoms with Gasteiger partial charge < -0.3 is 14.8 Å². The third kappa shape index (κ3) is 2.48. The van der Waals surface area contributed by atoms with Crippen molar-refractivity contribution in [3.63, 3.8) is 0 Å². The Hall–Kier alpha value is -2.75. The fourth-order valence-electron chi connectivity index (χ4n) is 2.30. The summed E-state index contributed by atoms with van der Waals surface area (Å²) in [6.07, 6.45) is 1.86. The largest absolute Gasteiger partial charge is 0.497 e. The Labute approximate surface area is 123 Å². The minimum atomic E-state index is -0.103. The van der Waals surface area contributed by atoms with Crippen molar-refractivity contribution in [1.29, 1.82) is 0 Å². The number of amides is 1. The topological polar surface area (TPSA) is 47.6 Å². The van der Waals surface area contributed by atoms with E-state index >= 15 is 0 Å². The molecule has 21 heavy (non-hydrogen) atoms. The highest BCUT2D eigenvalue weighted by Crippen LogP contribution is 2.35. The number of carbonyl (C=O) groups is 1. The zero-order chi connectivity index (χ0) is 14.8. The average Bonchev–Trinajstić information content (AvgIpc) is 2.83. The molecule has 0 saturated carbocycles. The summed E-state index contributed by atoms with van der Waals surface area (Å²) < 4.78 is 10.4. The van der Waals surface area contributed by atoms with Crippen molar-refractivity contribution >= 4 is 23.2 Å². The standard InChI is InChI=1S/C17H15NO3/c1-20-12-5-3-11(4-6-12)9-15-14-10-13(21-2)7-8-16(14)18-17(15)19/h3-10H,1-2H3,(H,18,19)/b15-9+. The Balaban J connectivity index is 2.02. The van der Waals surface area contributed by atoms with E-state index in [1.165, 1.54) is 0 Å². The number of carbonyl (C=O) groups excluding carboxylic acids is 1. The Kier molecular flexibility index (Phi) is 3.36. The normalized spacial score (nSPS) is 14.8. The van der Waals surface area contributed by atoms with Crippen molar-refractivity contribution in [2.45, 2.75) is 0 Å². The lowest BCUT2D eigenvalue weighted by atomic mass is 10.0. The minimum Gasteiger partial charge on any atom is -0.497 e. The van der Waals surface area contributed by atoms with Gasteiger partial charge in [0.2, 0.25) is 0 Å². The third-order valence-corrected chi connectivity index (χ3v) is 3.44. The maximum atomic E-state index is 12.1. The van der Waals surface area contributed by atoms with Crippen molar-refractivity contribution in [3.05, 3.63) is 53.6 Å². The molecule has 2 aromatic rings.